The van der Waals surface area contributed by atoms with E-state index >= 15 is 0 Å². The number of amides is 1. The van der Waals surface area contributed by atoms with Crippen molar-refractivity contribution in [2.75, 3.05) is 12.4 Å². The summed E-state index contributed by atoms with van der Waals surface area (Å²) in [6, 6.07) is 14.9. The lowest BCUT2D eigenvalue weighted by atomic mass is 10.1. The highest BCUT2D eigenvalue weighted by atomic mass is 16.5. The molecule has 8 nitrogen and oxygen atoms in total. The molecule has 1 amide bonds. The molecule has 30 heavy (non-hydrogen) atoms. The second kappa shape index (κ2) is 9.42. The summed E-state index contributed by atoms with van der Waals surface area (Å²) in [4.78, 5) is 23.5. The molecule has 0 saturated heterocycles. The number of anilines is 1. The molecule has 0 radical (unpaired) electrons. The minimum atomic E-state index is -1.17. The Morgan fingerprint density at radius 3 is 2.67 bits per heavy atom. The Hall–Kier alpha value is -4.07. The van der Waals surface area contributed by atoms with Crippen molar-refractivity contribution >= 4 is 23.6 Å². The van der Waals surface area contributed by atoms with E-state index in [1.807, 2.05) is 36.4 Å². The molecule has 3 rings (SSSR count). The molecule has 154 valence electrons. The molecule has 2 N–H and O–H groups in total. The second-order valence-corrected chi connectivity index (χ2v) is 6.33. The van der Waals surface area contributed by atoms with Crippen LogP contribution in [-0.2, 0) is 18.4 Å². The maximum atomic E-state index is 12.2. The number of nitrogens with one attached hydrogen (secondary N) is 1. The molecule has 0 atom stereocenters. The van der Waals surface area contributed by atoms with Gasteiger partial charge in [-0.3, -0.25) is 9.48 Å². The van der Waals surface area contributed by atoms with Gasteiger partial charge in [0.05, 0.1) is 19.0 Å². The van der Waals surface area contributed by atoms with Crippen molar-refractivity contribution in [3.8, 4) is 11.5 Å². The molecule has 0 bridgehead atoms. The third-order valence-corrected chi connectivity index (χ3v) is 4.27. The lowest BCUT2D eigenvalue weighted by Crippen LogP contribution is -2.13. The third kappa shape index (κ3) is 5.05. The minimum absolute atomic E-state index is 0.0958. The van der Waals surface area contributed by atoms with Crippen LogP contribution in [0.3, 0.4) is 0 Å². The average molecular weight is 407 g/mol. The van der Waals surface area contributed by atoms with Crippen LogP contribution in [-0.4, -0.2) is 33.9 Å². The van der Waals surface area contributed by atoms with E-state index in [0.29, 0.717) is 12.4 Å². The van der Waals surface area contributed by atoms with E-state index in [0.717, 1.165) is 16.9 Å². The molecule has 0 aliphatic carbocycles. The average Bonchev–Trinajstić information content (AvgIpc) is 3.11. The van der Waals surface area contributed by atoms with Gasteiger partial charge in [0.15, 0.2) is 5.69 Å². The summed E-state index contributed by atoms with van der Waals surface area (Å²) in [7, 11) is 3.07. The topological polar surface area (TPSA) is 103 Å². The van der Waals surface area contributed by atoms with Crippen LogP contribution in [0.25, 0.3) is 6.08 Å². The summed E-state index contributed by atoms with van der Waals surface area (Å²) in [5.74, 6) is -0.226. The van der Waals surface area contributed by atoms with E-state index in [1.165, 1.54) is 24.0 Å². The van der Waals surface area contributed by atoms with Crippen molar-refractivity contribution in [1.29, 1.82) is 0 Å². The Kier molecular flexibility index (Phi) is 6.49. The summed E-state index contributed by atoms with van der Waals surface area (Å²) in [6.45, 7) is 0.304. The monoisotopic (exact) mass is 407 g/mol. The van der Waals surface area contributed by atoms with Crippen LogP contribution in [0.1, 0.15) is 21.6 Å². The van der Waals surface area contributed by atoms with Crippen molar-refractivity contribution in [1.82, 2.24) is 9.78 Å². The van der Waals surface area contributed by atoms with E-state index in [-0.39, 0.29) is 11.4 Å². The molecule has 0 aliphatic heterocycles. The maximum absolute atomic E-state index is 12.2. The van der Waals surface area contributed by atoms with Gasteiger partial charge in [0.1, 0.15) is 18.1 Å². The zero-order chi connectivity index (χ0) is 21.5. The van der Waals surface area contributed by atoms with Crippen LogP contribution in [0.2, 0.25) is 0 Å². The number of benzene rings is 2. The van der Waals surface area contributed by atoms with Gasteiger partial charge in [0.25, 0.3) is 0 Å². The number of nitrogens with zero attached hydrogens (tertiary/aromatic N) is 2. The fourth-order valence-electron chi connectivity index (χ4n) is 2.82. The number of rotatable bonds is 8. The lowest BCUT2D eigenvalue weighted by molar-refractivity contribution is -0.111. The van der Waals surface area contributed by atoms with Crippen molar-refractivity contribution in [2.45, 2.75) is 6.61 Å². The first kappa shape index (κ1) is 20.7. The zero-order valence-corrected chi connectivity index (χ0v) is 16.5. The Labute approximate surface area is 173 Å². The van der Waals surface area contributed by atoms with Crippen LogP contribution in [0, 0.1) is 0 Å². The van der Waals surface area contributed by atoms with E-state index in [4.69, 9.17) is 9.47 Å². The molecule has 2 aromatic carbocycles. The number of hydrogen-bond donors (Lipinski definition) is 2. The van der Waals surface area contributed by atoms with Gasteiger partial charge in [-0.1, -0.05) is 24.3 Å². The number of aryl methyl sites for hydroxylation is 1. The predicted octanol–water partition coefficient (Wildman–Crippen LogP) is 3.36. The summed E-state index contributed by atoms with van der Waals surface area (Å²) in [5, 5.41) is 15.6. The number of ether oxygens (including phenoxy) is 2. The first-order valence-electron chi connectivity index (χ1n) is 9.07. The number of aromatic carboxylic acids is 1. The van der Waals surface area contributed by atoms with Crippen molar-refractivity contribution in [3.05, 3.63) is 77.6 Å². The molecule has 0 unspecified atom stereocenters. The molecular formula is C22H21N3O5. The number of carbonyl (C=O) groups excluding carboxylic acids is 1. The Balaban J connectivity index is 1.70. The van der Waals surface area contributed by atoms with Gasteiger partial charge >= 0.3 is 5.97 Å². The van der Waals surface area contributed by atoms with Crippen molar-refractivity contribution < 1.29 is 24.2 Å². The fraction of sp³-hybridized carbons (Fsp3) is 0.136. The number of para-hydroxylation sites is 1. The smallest absolute Gasteiger partial charge is 0.356 e. The zero-order valence-electron chi connectivity index (χ0n) is 16.5. The third-order valence-electron chi connectivity index (χ3n) is 4.27. The molecule has 0 saturated carbocycles. The van der Waals surface area contributed by atoms with Crippen molar-refractivity contribution in [2.24, 2.45) is 7.05 Å². The number of carboxylic acid groups (broad SMARTS) is 1. The van der Waals surface area contributed by atoms with E-state index < -0.39 is 11.9 Å². The lowest BCUT2D eigenvalue weighted by Gasteiger charge is -2.11. The van der Waals surface area contributed by atoms with E-state index in [1.54, 1.807) is 25.3 Å². The summed E-state index contributed by atoms with van der Waals surface area (Å²) in [6.07, 6.45) is 4.24. The normalized spacial score (nSPS) is 10.7. The van der Waals surface area contributed by atoms with Gasteiger partial charge in [0.2, 0.25) is 5.91 Å². The molecule has 3 aromatic rings. The van der Waals surface area contributed by atoms with E-state index in [9.17, 15) is 14.7 Å². The molecule has 0 fully saturated rings. The Morgan fingerprint density at radius 1 is 1.20 bits per heavy atom. The standard InChI is InChI=1S/C22H21N3O5/c1-25-21(22(27)28)18(13-23-25)24-20(26)11-9-15-8-10-19(29-2)16(12-15)14-30-17-6-4-3-5-7-17/h3-13H,14H2,1-2H3,(H,24,26)(H,27,28)/b11-9+. The summed E-state index contributed by atoms with van der Waals surface area (Å²) < 4.78 is 12.4. The predicted molar refractivity (Wildman–Crippen MR) is 112 cm³/mol. The highest BCUT2D eigenvalue weighted by Gasteiger charge is 2.16. The molecule has 1 aromatic heterocycles. The second-order valence-electron chi connectivity index (χ2n) is 6.33. The fourth-order valence-corrected chi connectivity index (χ4v) is 2.82. The molecule has 1 heterocycles. The van der Waals surface area contributed by atoms with Gasteiger partial charge in [-0.15, -0.1) is 0 Å². The quantitative estimate of drug-likeness (QED) is 0.555. The van der Waals surface area contributed by atoms with Gasteiger partial charge in [-0.05, 0) is 35.9 Å². The largest absolute Gasteiger partial charge is 0.496 e. The number of hydrogen-bond acceptors (Lipinski definition) is 5. The van der Waals surface area contributed by atoms with Gasteiger partial charge < -0.3 is 19.9 Å². The number of methoxy groups -OCH3 is 1. The van der Waals surface area contributed by atoms with Crippen LogP contribution < -0.4 is 14.8 Å². The van der Waals surface area contributed by atoms with Crippen molar-refractivity contribution in [3.63, 3.8) is 0 Å². The molecule has 0 spiro atoms. The first-order chi connectivity index (χ1) is 14.5. The summed E-state index contributed by atoms with van der Waals surface area (Å²) in [5.41, 5.74) is 1.62. The highest BCUT2D eigenvalue weighted by Crippen LogP contribution is 2.23. The summed E-state index contributed by atoms with van der Waals surface area (Å²) >= 11 is 0. The van der Waals surface area contributed by atoms with Gasteiger partial charge in [-0.2, -0.15) is 5.10 Å². The Morgan fingerprint density at radius 2 is 1.97 bits per heavy atom. The van der Waals surface area contributed by atoms with Crippen LogP contribution >= 0.6 is 0 Å². The number of carbonyl (C=O) groups is 2. The van der Waals surface area contributed by atoms with Crippen LogP contribution in [0.15, 0.2) is 60.8 Å². The van der Waals surface area contributed by atoms with Gasteiger partial charge in [0, 0.05) is 18.7 Å². The first-order valence-corrected chi connectivity index (χ1v) is 9.07. The molecule has 8 heteroatoms. The number of carboxylic acids is 1. The highest BCUT2D eigenvalue weighted by molar-refractivity contribution is 6.05. The SMILES string of the molecule is COc1ccc(/C=C/C(=O)Nc2cnn(C)c2C(=O)O)cc1COc1ccccc1. The van der Waals surface area contributed by atoms with Gasteiger partial charge in [-0.25, -0.2) is 4.79 Å². The van der Waals surface area contributed by atoms with Crippen LogP contribution in [0.4, 0.5) is 5.69 Å². The molecule has 0 aliphatic rings. The van der Waals surface area contributed by atoms with Crippen LogP contribution in [0.5, 0.6) is 11.5 Å². The number of aromatic nitrogens is 2. The Bertz CT molecular complexity index is 1070. The molecular weight excluding hydrogens is 386 g/mol. The minimum Gasteiger partial charge on any atom is -0.496 e. The van der Waals surface area contributed by atoms with E-state index in [2.05, 4.69) is 10.4 Å². The maximum Gasteiger partial charge on any atom is 0.356 e.